The van der Waals surface area contributed by atoms with Gasteiger partial charge in [0.1, 0.15) is 0 Å². The van der Waals surface area contributed by atoms with Crippen molar-refractivity contribution in [1.82, 2.24) is 14.9 Å². The van der Waals surface area contributed by atoms with E-state index < -0.39 is 0 Å². The molecule has 1 aromatic heterocycles. The summed E-state index contributed by atoms with van der Waals surface area (Å²) in [5, 5.41) is 5.35. The number of nitrogens with zero attached hydrogens (tertiary/aromatic N) is 2. The van der Waals surface area contributed by atoms with Crippen molar-refractivity contribution in [3.8, 4) is 0 Å². The molecule has 0 saturated heterocycles. The second-order valence-corrected chi connectivity index (χ2v) is 5.88. The first-order chi connectivity index (χ1) is 11.7. The molecule has 4 nitrogen and oxygen atoms in total. The SMILES string of the molecule is Cn1cnc2cc(C(=O)NCc3cccc4ccccc34)ccc21. The largest absolute Gasteiger partial charge is 0.348 e. The first kappa shape index (κ1) is 14.5. The monoisotopic (exact) mass is 315 g/mol. The molecule has 4 heteroatoms. The molecule has 0 aliphatic heterocycles. The van der Waals surface area contributed by atoms with E-state index in [2.05, 4.69) is 28.5 Å². The van der Waals surface area contributed by atoms with Gasteiger partial charge in [0.05, 0.1) is 17.4 Å². The van der Waals surface area contributed by atoms with Crippen molar-refractivity contribution in [2.45, 2.75) is 6.54 Å². The van der Waals surface area contributed by atoms with Gasteiger partial charge in [-0.1, -0.05) is 42.5 Å². The number of nitrogens with one attached hydrogen (secondary N) is 1. The van der Waals surface area contributed by atoms with Crippen molar-refractivity contribution in [3.63, 3.8) is 0 Å². The highest BCUT2D eigenvalue weighted by atomic mass is 16.1. The first-order valence-corrected chi connectivity index (χ1v) is 7.88. The Kier molecular flexibility index (Phi) is 3.50. The zero-order chi connectivity index (χ0) is 16.5. The summed E-state index contributed by atoms with van der Waals surface area (Å²) >= 11 is 0. The standard InChI is InChI=1S/C20H17N3O/c1-23-13-22-18-11-15(9-10-19(18)23)20(24)21-12-16-7-4-6-14-5-2-3-8-17(14)16/h2-11,13H,12H2,1H3,(H,21,24). The zero-order valence-electron chi connectivity index (χ0n) is 13.4. The Morgan fingerprint density at radius 1 is 1.08 bits per heavy atom. The average molecular weight is 315 g/mol. The Morgan fingerprint density at radius 2 is 1.92 bits per heavy atom. The number of amides is 1. The summed E-state index contributed by atoms with van der Waals surface area (Å²) in [6.07, 6.45) is 1.75. The van der Waals surface area contributed by atoms with E-state index in [1.807, 2.05) is 54.1 Å². The Hall–Kier alpha value is -3.14. The minimum Gasteiger partial charge on any atom is -0.348 e. The van der Waals surface area contributed by atoms with Gasteiger partial charge >= 0.3 is 0 Å². The lowest BCUT2D eigenvalue weighted by atomic mass is 10.0. The van der Waals surface area contributed by atoms with Gasteiger partial charge in [-0.2, -0.15) is 0 Å². The van der Waals surface area contributed by atoms with Crippen LogP contribution in [0.4, 0.5) is 0 Å². The van der Waals surface area contributed by atoms with Crippen LogP contribution < -0.4 is 5.32 Å². The molecule has 1 heterocycles. The van der Waals surface area contributed by atoms with Crippen LogP contribution in [0.25, 0.3) is 21.8 Å². The summed E-state index contributed by atoms with van der Waals surface area (Å²) in [6, 6.07) is 19.9. The third-order valence-corrected chi connectivity index (χ3v) is 4.31. The molecule has 0 fully saturated rings. The van der Waals surface area contributed by atoms with E-state index in [4.69, 9.17) is 0 Å². The predicted octanol–water partition coefficient (Wildman–Crippen LogP) is 3.66. The topological polar surface area (TPSA) is 46.9 Å². The third-order valence-electron chi connectivity index (χ3n) is 4.31. The Morgan fingerprint density at radius 3 is 2.83 bits per heavy atom. The fourth-order valence-electron chi connectivity index (χ4n) is 3.00. The number of aromatic nitrogens is 2. The number of benzene rings is 3. The normalized spacial score (nSPS) is 11.0. The molecule has 0 aliphatic carbocycles. The molecule has 4 aromatic rings. The third kappa shape index (κ3) is 2.52. The molecule has 0 saturated carbocycles. The van der Waals surface area contributed by atoms with Gasteiger partial charge in [0, 0.05) is 19.2 Å². The van der Waals surface area contributed by atoms with Gasteiger partial charge in [-0.3, -0.25) is 4.79 Å². The molecule has 3 aromatic carbocycles. The quantitative estimate of drug-likeness (QED) is 0.627. The van der Waals surface area contributed by atoms with Gasteiger partial charge < -0.3 is 9.88 Å². The van der Waals surface area contributed by atoms with E-state index in [1.54, 1.807) is 6.33 Å². The average Bonchev–Trinajstić information content (AvgIpc) is 3.00. The first-order valence-electron chi connectivity index (χ1n) is 7.88. The summed E-state index contributed by atoms with van der Waals surface area (Å²) in [4.78, 5) is 16.8. The van der Waals surface area contributed by atoms with Crippen LogP contribution in [0.3, 0.4) is 0 Å². The van der Waals surface area contributed by atoms with E-state index >= 15 is 0 Å². The Bertz CT molecular complexity index is 1040. The number of fused-ring (bicyclic) bond motifs is 2. The van der Waals surface area contributed by atoms with Crippen molar-refractivity contribution < 1.29 is 4.79 Å². The van der Waals surface area contributed by atoms with Crippen LogP contribution in [0.5, 0.6) is 0 Å². The zero-order valence-corrected chi connectivity index (χ0v) is 13.4. The molecule has 0 atom stereocenters. The highest BCUT2D eigenvalue weighted by Crippen LogP contribution is 2.19. The van der Waals surface area contributed by atoms with Crippen molar-refractivity contribution in [1.29, 1.82) is 0 Å². The maximum Gasteiger partial charge on any atom is 0.251 e. The van der Waals surface area contributed by atoms with Crippen molar-refractivity contribution in [2.24, 2.45) is 7.05 Å². The molecule has 118 valence electrons. The number of rotatable bonds is 3. The number of aryl methyl sites for hydroxylation is 1. The lowest BCUT2D eigenvalue weighted by molar-refractivity contribution is 0.0951. The highest BCUT2D eigenvalue weighted by molar-refractivity contribution is 5.97. The lowest BCUT2D eigenvalue weighted by Crippen LogP contribution is -2.22. The smallest absolute Gasteiger partial charge is 0.251 e. The van der Waals surface area contributed by atoms with E-state index in [0.717, 1.165) is 16.6 Å². The maximum atomic E-state index is 12.5. The molecular weight excluding hydrogens is 298 g/mol. The van der Waals surface area contributed by atoms with Gasteiger partial charge in [0.2, 0.25) is 0 Å². The van der Waals surface area contributed by atoms with Crippen LogP contribution in [-0.4, -0.2) is 15.5 Å². The van der Waals surface area contributed by atoms with Crippen molar-refractivity contribution in [3.05, 3.63) is 78.1 Å². The summed E-state index contributed by atoms with van der Waals surface area (Å²) in [6.45, 7) is 0.500. The Labute approximate surface area is 139 Å². The van der Waals surface area contributed by atoms with Crippen LogP contribution in [0.1, 0.15) is 15.9 Å². The molecule has 4 rings (SSSR count). The summed E-state index contributed by atoms with van der Waals surface area (Å²) in [7, 11) is 1.94. The number of imidazole rings is 1. The van der Waals surface area contributed by atoms with Gasteiger partial charge in [0.25, 0.3) is 5.91 Å². The van der Waals surface area contributed by atoms with Gasteiger partial charge in [-0.15, -0.1) is 0 Å². The van der Waals surface area contributed by atoms with E-state index in [0.29, 0.717) is 12.1 Å². The fourth-order valence-corrected chi connectivity index (χ4v) is 3.00. The van der Waals surface area contributed by atoms with Gasteiger partial charge in [-0.05, 0) is 34.5 Å². The minimum absolute atomic E-state index is 0.0875. The van der Waals surface area contributed by atoms with Crippen molar-refractivity contribution in [2.75, 3.05) is 0 Å². The Balaban J connectivity index is 1.56. The molecule has 0 aliphatic rings. The molecule has 0 spiro atoms. The van der Waals surface area contributed by atoms with Gasteiger partial charge in [0.15, 0.2) is 0 Å². The van der Waals surface area contributed by atoms with Gasteiger partial charge in [-0.25, -0.2) is 4.98 Å². The molecule has 24 heavy (non-hydrogen) atoms. The van der Waals surface area contributed by atoms with Crippen LogP contribution in [0.15, 0.2) is 67.0 Å². The maximum absolute atomic E-state index is 12.5. The highest BCUT2D eigenvalue weighted by Gasteiger charge is 2.09. The lowest BCUT2D eigenvalue weighted by Gasteiger charge is -2.09. The van der Waals surface area contributed by atoms with E-state index in [9.17, 15) is 4.79 Å². The number of carbonyl (C=O) groups excluding carboxylic acids is 1. The van der Waals surface area contributed by atoms with Crippen LogP contribution >= 0.6 is 0 Å². The molecule has 0 radical (unpaired) electrons. The van der Waals surface area contributed by atoms with Crippen LogP contribution in [0.2, 0.25) is 0 Å². The van der Waals surface area contributed by atoms with Crippen LogP contribution in [0, 0.1) is 0 Å². The van der Waals surface area contributed by atoms with Crippen molar-refractivity contribution >= 4 is 27.7 Å². The predicted molar refractivity (Wildman–Crippen MR) is 95.8 cm³/mol. The minimum atomic E-state index is -0.0875. The molecule has 0 unspecified atom stereocenters. The number of hydrogen-bond donors (Lipinski definition) is 1. The van der Waals surface area contributed by atoms with Crippen LogP contribution in [-0.2, 0) is 13.6 Å². The second-order valence-electron chi connectivity index (χ2n) is 5.88. The summed E-state index contributed by atoms with van der Waals surface area (Å²) in [5.41, 5.74) is 3.58. The number of carbonyl (C=O) groups is 1. The molecule has 1 amide bonds. The molecule has 0 bridgehead atoms. The van der Waals surface area contributed by atoms with E-state index in [-0.39, 0.29) is 5.91 Å². The van der Waals surface area contributed by atoms with E-state index in [1.165, 1.54) is 10.8 Å². The second kappa shape index (κ2) is 5.81. The summed E-state index contributed by atoms with van der Waals surface area (Å²) < 4.78 is 1.94. The number of hydrogen-bond acceptors (Lipinski definition) is 2. The summed E-state index contributed by atoms with van der Waals surface area (Å²) in [5.74, 6) is -0.0875. The molecular formula is C20H17N3O. The fraction of sp³-hybridized carbons (Fsp3) is 0.100. The molecule has 1 N–H and O–H groups in total.